The molecular formula is C11H13BrClF3N2. The Labute approximate surface area is 117 Å². The van der Waals surface area contributed by atoms with E-state index in [1.54, 1.807) is 20.9 Å². The van der Waals surface area contributed by atoms with Crippen LogP contribution in [0.25, 0.3) is 0 Å². The van der Waals surface area contributed by atoms with Gasteiger partial charge in [-0.2, -0.15) is 13.2 Å². The van der Waals surface area contributed by atoms with E-state index in [-0.39, 0.29) is 16.2 Å². The summed E-state index contributed by atoms with van der Waals surface area (Å²) < 4.78 is 39.2. The fraction of sp³-hybridized carbons (Fsp3) is 0.545. The molecule has 0 radical (unpaired) electrons. The molecule has 0 unspecified atom stereocenters. The standard InChI is InChI=1S/C11H13BrClF3N2/c1-10(2,6-13)18(3)9-8(11(14,15)16)4-7(12)5-17-9/h4-5H,6H2,1-3H3. The third-order valence-corrected chi connectivity index (χ3v) is 3.78. The summed E-state index contributed by atoms with van der Waals surface area (Å²) in [5.41, 5.74) is -1.40. The second kappa shape index (κ2) is 5.25. The minimum absolute atomic E-state index is 0.128. The van der Waals surface area contributed by atoms with Gasteiger partial charge in [-0.25, -0.2) is 4.98 Å². The average molecular weight is 346 g/mol. The molecule has 0 saturated heterocycles. The van der Waals surface area contributed by atoms with Crippen LogP contribution in [0.4, 0.5) is 19.0 Å². The molecule has 0 aromatic carbocycles. The van der Waals surface area contributed by atoms with E-state index in [4.69, 9.17) is 11.6 Å². The molecule has 0 aliphatic carbocycles. The number of aromatic nitrogens is 1. The number of pyridine rings is 1. The predicted molar refractivity (Wildman–Crippen MR) is 70.1 cm³/mol. The monoisotopic (exact) mass is 344 g/mol. The largest absolute Gasteiger partial charge is 0.419 e. The molecule has 0 N–H and O–H groups in total. The zero-order valence-electron chi connectivity index (χ0n) is 10.1. The highest BCUT2D eigenvalue weighted by atomic mass is 79.9. The lowest BCUT2D eigenvalue weighted by Gasteiger charge is -2.36. The van der Waals surface area contributed by atoms with Crippen molar-refractivity contribution in [1.29, 1.82) is 0 Å². The van der Waals surface area contributed by atoms with E-state index in [1.165, 1.54) is 11.1 Å². The maximum Gasteiger partial charge on any atom is 0.419 e. The lowest BCUT2D eigenvalue weighted by molar-refractivity contribution is -0.137. The summed E-state index contributed by atoms with van der Waals surface area (Å²) >= 11 is 8.77. The third kappa shape index (κ3) is 3.29. The minimum atomic E-state index is -4.46. The molecule has 0 fully saturated rings. The van der Waals surface area contributed by atoms with Gasteiger partial charge in [-0.1, -0.05) is 0 Å². The van der Waals surface area contributed by atoms with Crippen molar-refractivity contribution in [2.75, 3.05) is 17.8 Å². The summed E-state index contributed by atoms with van der Waals surface area (Å²) in [7, 11) is 1.55. The first-order valence-corrected chi connectivity index (χ1v) is 6.45. The summed E-state index contributed by atoms with van der Waals surface area (Å²) in [6.45, 7) is 3.51. The number of hydrogen-bond acceptors (Lipinski definition) is 2. The maximum absolute atomic E-state index is 13.0. The highest BCUT2D eigenvalue weighted by Gasteiger charge is 2.38. The van der Waals surface area contributed by atoms with E-state index in [0.717, 1.165) is 6.07 Å². The molecule has 0 saturated carbocycles. The summed E-state index contributed by atoms with van der Waals surface area (Å²) in [6.07, 6.45) is -3.12. The van der Waals surface area contributed by atoms with Crippen LogP contribution in [0.5, 0.6) is 0 Å². The summed E-state index contributed by atoms with van der Waals surface area (Å²) in [5, 5.41) is 0. The van der Waals surface area contributed by atoms with Crippen molar-refractivity contribution in [3.63, 3.8) is 0 Å². The van der Waals surface area contributed by atoms with Crippen LogP contribution in [0.2, 0.25) is 0 Å². The van der Waals surface area contributed by atoms with Crippen LogP contribution >= 0.6 is 27.5 Å². The van der Waals surface area contributed by atoms with Gasteiger partial charge >= 0.3 is 6.18 Å². The predicted octanol–water partition coefficient (Wildman–Crippen LogP) is 4.32. The first-order valence-electron chi connectivity index (χ1n) is 5.12. The smallest absolute Gasteiger partial charge is 0.353 e. The van der Waals surface area contributed by atoms with Crippen LogP contribution in [-0.4, -0.2) is 23.5 Å². The first-order chi connectivity index (χ1) is 8.09. The van der Waals surface area contributed by atoms with E-state index in [1.807, 2.05) is 0 Å². The third-order valence-electron chi connectivity index (χ3n) is 2.69. The first kappa shape index (κ1) is 15.6. The Hall–Kier alpha value is -0.490. The van der Waals surface area contributed by atoms with Gasteiger partial charge in [-0.05, 0) is 35.8 Å². The number of rotatable bonds is 3. The molecule has 7 heteroatoms. The van der Waals surface area contributed by atoms with Crippen molar-refractivity contribution in [2.45, 2.75) is 25.6 Å². The Kier molecular flexibility index (Phi) is 4.54. The van der Waals surface area contributed by atoms with Crippen molar-refractivity contribution < 1.29 is 13.2 Å². The van der Waals surface area contributed by atoms with Gasteiger partial charge in [-0.15, -0.1) is 11.6 Å². The Morgan fingerprint density at radius 2 is 1.94 bits per heavy atom. The van der Waals surface area contributed by atoms with E-state index in [2.05, 4.69) is 20.9 Å². The molecule has 1 aromatic heterocycles. The number of alkyl halides is 4. The molecule has 0 atom stereocenters. The van der Waals surface area contributed by atoms with Gasteiger partial charge < -0.3 is 4.90 Å². The second-order valence-corrected chi connectivity index (χ2v) is 5.71. The fourth-order valence-electron chi connectivity index (χ4n) is 1.28. The van der Waals surface area contributed by atoms with Crippen LogP contribution < -0.4 is 4.90 Å². The van der Waals surface area contributed by atoms with Crippen molar-refractivity contribution in [3.8, 4) is 0 Å². The summed E-state index contributed by atoms with van der Waals surface area (Å²) in [4.78, 5) is 5.30. The van der Waals surface area contributed by atoms with Gasteiger partial charge in [0.1, 0.15) is 5.82 Å². The Bertz CT molecular complexity index is 435. The lowest BCUT2D eigenvalue weighted by atomic mass is 10.1. The molecule has 0 aliphatic rings. The Balaban J connectivity index is 3.33. The number of halogens is 5. The van der Waals surface area contributed by atoms with Crippen LogP contribution in [0.15, 0.2) is 16.7 Å². The lowest BCUT2D eigenvalue weighted by Crippen LogP contribution is -2.44. The zero-order valence-corrected chi connectivity index (χ0v) is 12.5. The molecule has 102 valence electrons. The molecule has 18 heavy (non-hydrogen) atoms. The van der Waals surface area contributed by atoms with E-state index < -0.39 is 17.3 Å². The molecule has 1 rings (SSSR count). The minimum Gasteiger partial charge on any atom is -0.353 e. The number of hydrogen-bond donors (Lipinski definition) is 0. The molecule has 0 spiro atoms. The van der Waals surface area contributed by atoms with Gasteiger partial charge in [-0.3, -0.25) is 0 Å². The number of anilines is 1. The molecular weight excluding hydrogens is 332 g/mol. The van der Waals surface area contributed by atoms with Crippen molar-refractivity contribution in [3.05, 3.63) is 22.3 Å². The quantitative estimate of drug-likeness (QED) is 0.759. The van der Waals surface area contributed by atoms with Crippen LogP contribution in [0.3, 0.4) is 0 Å². The molecule has 0 aliphatic heterocycles. The maximum atomic E-state index is 13.0. The van der Waals surface area contributed by atoms with Gasteiger partial charge in [0.2, 0.25) is 0 Å². The van der Waals surface area contributed by atoms with Gasteiger partial charge in [0.25, 0.3) is 0 Å². The zero-order chi connectivity index (χ0) is 14.1. The van der Waals surface area contributed by atoms with E-state index in [0.29, 0.717) is 0 Å². The summed E-state index contributed by atoms with van der Waals surface area (Å²) in [5.74, 6) is 0.0646. The van der Waals surface area contributed by atoms with Crippen LogP contribution in [0.1, 0.15) is 19.4 Å². The van der Waals surface area contributed by atoms with Gasteiger partial charge in [0.05, 0.1) is 5.56 Å². The Morgan fingerprint density at radius 3 is 2.39 bits per heavy atom. The summed E-state index contributed by atoms with van der Waals surface area (Å²) in [6, 6.07) is 1.02. The van der Waals surface area contributed by atoms with Crippen molar-refractivity contribution in [1.82, 2.24) is 4.98 Å². The molecule has 0 bridgehead atoms. The fourth-order valence-corrected chi connectivity index (χ4v) is 1.79. The molecule has 1 aromatic rings. The molecule has 1 heterocycles. The van der Waals surface area contributed by atoms with Crippen LogP contribution in [0, 0.1) is 0 Å². The van der Waals surface area contributed by atoms with E-state index >= 15 is 0 Å². The molecule has 0 amide bonds. The SMILES string of the molecule is CN(c1ncc(Br)cc1C(F)(F)F)C(C)(C)CCl. The highest BCUT2D eigenvalue weighted by Crippen LogP contribution is 2.38. The van der Waals surface area contributed by atoms with Crippen molar-refractivity contribution >= 4 is 33.3 Å². The molecule has 2 nitrogen and oxygen atoms in total. The highest BCUT2D eigenvalue weighted by molar-refractivity contribution is 9.10. The van der Waals surface area contributed by atoms with Crippen molar-refractivity contribution in [2.24, 2.45) is 0 Å². The number of nitrogens with zero attached hydrogens (tertiary/aromatic N) is 2. The normalized spacial score (nSPS) is 12.7. The van der Waals surface area contributed by atoms with E-state index in [9.17, 15) is 13.2 Å². The second-order valence-electron chi connectivity index (χ2n) is 4.53. The van der Waals surface area contributed by atoms with Gasteiger partial charge in [0.15, 0.2) is 0 Å². The van der Waals surface area contributed by atoms with Crippen LogP contribution in [-0.2, 0) is 6.18 Å². The average Bonchev–Trinajstić information content (AvgIpc) is 2.27. The topological polar surface area (TPSA) is 16.1 Å². The van der Waals surface area contributed by atoms with Gasteiger partial charge in [0, 0.05) is 29.1 Å². The Morgan fingerprint density at radius 1 is 1.39 bits per heavy atom.